The second kappa shape index (κ2) is 12.7. The van der Waals surface area contributed by atoms with Gasteiger partial charge in [0.05, 0.1) is 60.1 Å². The summed E-state index contributed by atoms with van der Waals surface area (Å²) < 4.78 is 10.3. The van der Waals surface area contributed by atoms with Crippen molar-refractivity contribution in [1.82, 2.24) is 5.32 Å². The number of rotatable bonds is 6. The van der Waals surface area contributed by atoms with Crippen molar-refractivity contribution in [3.05, 3.63) is 91.5 Å². The van der Waals surface area contributed by atoms with Gasteiger partial charge in [0.2, 0.25) is 0 Å². The smallest absolute Gasteiger partial charge is 0.312 e. The summed E-state index contributed by atoms with van der Waals surface area (Å²) in [5, 5.41) is 14.5. The van der Waals surface area contributed by atoms with Crippen LogP contribution >= 0.6 is 0 Å². The second-order valence-corrected chi connectivity index (χ2v) is 12.5. The lowest BCUT2D eigenvalue weighted by atomic mass is 9.82. The summed E-state index contributed by atoms with van der Waals surface area (Å²) in [7, 11) is 2.78. The Bertz CT molecular complexity index is 1780. The molecule has 5 rings (SSSR count). The number of nitrogens with one attached hydrogen (secondary N) is 1. The van der Waals surface area contributed by atoms with Gasteiger partial charge in [-0.05, 0) is 100 Å². The third-order valence-electron chi connectivity index (χ3n) is 9.90. The number of esters is 2. The summed E-state index contributed by atoms with van der Waals surface area (Å²) >= 11 is 0. The van der Waals surface area contributed by atoms with Crippen LogP contribution in [0, 0.1) is 17.8 Å². The van der Waals surface area contributed by atoms with Gasteiger partial charge in [-0.15, -0.1) is 0 Å². The number of ether oxygens (including phenoxy) is 2. The van der Waals surface area contributed by atoms with Gasteiger partial charge in [0.25, 0.3) is 0 Å². The van der Waals surface area contributed by atoms with Crippen LogP contribution in [-0.4, -0.2) is 48.4 Å². The van der Waals surface area contributed by atoms with E-state index >= 15 is 0 Å². The van der Waals surface area contributed by atoms with Crippen LogP contribution in [0.5, 0.6) is 0 Å². The molecule has 5 aliphatic heterocycles. The molecule has 9 heteroatoms. The number of hydrogen-bond donors (Lipinski definition) is 2. The quantitative estimate of drug-likeness (QED) is 0.241. The van der Waals surface area contributed by atoms with Crippen molar-refractivity contribution in [2.75, 3.05) is 14.2 Å². The summed E-state index contributed by atoms with van der Waals surface area (Å²) in [5.41, 5.74) is 12.7. The zero-order valence-corrected chi connectivity index (χ0v) is 28.5. The second-order valence-electron chi connectivity index (χ2n) is 12.5. The highest BCUT2D eigenvalue weighted by atomic mass is 16.5. The van der Waals surface area contributed by atoms with Crippen LogP contribution in [-0.2, 0) is 19.1 Å². The van der Waals surface area contributed by atoms with Crippen molar-refractivity contribution in [2.45, 2.75) is 74.7 Å². The average molecular weight is 625 g/mol. The van der Waals surface area contributed by atoms with Crippen LogP contribution in [0.4, 0.5) is 0 Å². The minimum Gasteiger partial charge on any atom is -0.512 e. The number of carbonyl (C=O) groups is 2. The molecule has 1 saturated heterocycles. The lowest BCUT2D eigenvalue weighted by Crippen LogP contribution is -2.26. The Balaban J connectivity index is 1.86. The van der Waals surface area contributed by atoms with E-state index in [0.717, 1.165) is 79.8 Å². The molecule has 0 amide bonds. The molecule has 2 N–H and O–H groups in total. The van der Waals surface area contributed by atoms with Gasteiger partial charge in [0, 0.05) is 40.8 Å². The van der Waals surface area contributed by atoms with Gasteiger partial charge >= 0.3 is 11.9 Å². The van der Waals surface area contributed by atoms with Gasteiger partial charge in [-0.1, -0.05) is 13.8 Å². The molecule has 3 unspecified atom stereocenters. The predicted molar refractivity (Wildman–Crippen MR) is 181 cm³/mol. The fraction of sp³-hybridized carbons (Fsp3) is 0.432. The van der Waals surface area contributed by atoms with E-state index in [4.69, 9.17) is 24.5 Å². The molecule has 5 aliphatic rings. The Morgan fingerprint density at radius 3 is 2.24 bits per heavy atom. The molecule has 8 bridgehead atoms. The van der Waals surface area contributed by atoms with Crippen LogP contribution in [0.15, 0.2) is 106 Å². The molecule has 0 spiro atoms. The molecule has 5 heterocycles. The van der Waals surface area contributed by atoms with Gasteiger partial charge in [0.15, 0.2) is 0 Å². The van der Waals surface area contributed by atoms with E-state index in [-0.39, 0.29) is 36.0 Å². The predicted octanol–water partition coefficient (Wildman–Crippen LogP) is 7.06. The topological polar surface area (TPSA) is 122 Å². The Labute approximate surface area is 271 Å². The first kappa shape index (κ1) is 32.9. The Morgan fingerprint density at radius 2 is 1.61 bits per heavy atom. The maximum Gasteiger partial charge on any atom is 0.312 e. The maximum absolute atomic E-state index is 13.2. The van der Waals surface area contributed by atoms with Gasteiger partial charge < -0.3 is 19.9 Å². The van der Waals surface area contributed by atoms with Gasteiger partial charge in [-0.3, -0.25) is 9.59 Å². The summed E-state index contributed by atoms with van der Waals surface area (Å²) in [5.74, 6) is -1.34. The normalized spacial score (nSPS) is 24.3. The van der Waals surface area contributed by atoms with Gasteiger partial charge in [-0.2, -0.15) is 0 Å². The van der Waals surface area contributed by atoms with Crippen LogP contribution in [0.1, 0.15) is 74.7 Å². The van der Waals surface area contributed by atoms with E-state index in [1.807, 2.05) is 45.9 Å². The standard InChI is InChI=1S/C37H44N4O5/c1-11-24-19(4)27-16-31-33(23(8)42)21(6)29(39-31)14-28-20(5)25(12-13-32(43)45-9)36(41-28)34(22(7)37(44)46-10)35-18(3)17(2)26(40-35)15-30(24)38-27/h14-16,20,22,25,41-42H,11-13H2,1-10H3/b26-15?,27-16?,28-14?,33-23-,36-34?. The Morgan fingerprint density at radius 1 is 0.935 bits per heavy atom. The SMILES string of the molecule is CCC1=C(C)C2=CC3=NC(=C(C)/C3=C(\C)O)C=C3NC(=C(C(C)C(=O)OC)C4=NC(=CC1=N2)C(C)=C4C)C(CCC(=O)OC)C3C. The molecule has 0 aromatic rings. The highest BCUT2D eigenvalue weighted by Crippen LogP contribution is 2.44. The number of methoxy groups -OCH3 is 2. The first-order valence-electron chi connectivity index (χ1n) is 15.9. The molecule has 3 atom stereocenters. The summed E-state index contributed by atoms with van der Waals surface area (Å²) in [6.07, 6.45) is 7.49. The Hall–Kier alpha value is -4.53. The monoisotopic (exact) mass is 624 g/mol. The summed E-state index contributed by atoms with van der Waals surface area (Å²) in [6.45, 7) is 15.8. The molecule has 0 radical (unpaired) electrons. The highest BCUT2D eigenvalue weighted by Gasteiger charge is 2.40. The number of hydrogen-bond acceptors (Lipinski definition) is 9. The maximum atomic E-state index is 13.2. The van der Waals surface area contributed by atoms with Gasteiger partial charge in [-0.25, -0.2) is 15.0 Å². The van der Waals surface area contributed by atoms with Crippen molar-refractivity contribution in [3.8, 4) is 0 Å². The van der Waals surface area contributed by atoms with Crippen LogP contribution < -0.4 is 5.32 Å². The van der Waals surface area contributed by atoms with Gasteiger partial charge in [0.1, 0.15) is 0 Å². The third-order valence-corrected chi connectivity index (χ3v) is 9.90. The first-order valence-corrected chi connectivity index (χ1v) is 15.9. The molecule has 1 fully saturated rings. The van der Waals surface area contributed by atoms with E-state index in [1.54, 1.807) is 6.92 Å². The molecular formula is C37H44N4O5. The molecule has 0 aromatic carbocycles. The summed E-state index contributed by atoms with van der Waals surface area (Å²) in [6, 6.07) is 0. The van der Waals surface area contributed by atoms with E-state index in [0.29, 0.717) is 17.7 Å². The van der Waals surface area contributed by atoms with Crippen molar-refractivity contribution in [2.24, 2.45) is 32.7 Å². The van der Waals surface area contributed by atoms with Crippen molar-refractivity contribution < 1.29 is 24.2 Å². The first-order chi connectivity index (χ1) is 21.8. The number of aliphatic hydroxyl groups is 1. The Kier molecular flexibility index (Phi) is 9.07. The van der Waals surface area contributed by atoms with Crippen LogP contribution in [0.25, 0.3) is 0 Å². The average Bonchev–Trinajstić information content (AvgIpc) is 3.69. The fourth-order valence-corrected chi connectivity index (χ4v) is 6.99. The molecule has 0 aliphatic carbocycles. The molecule has 9 nitrogen and oxygen atoms in total. The minimum absolute atomic E-state index is 0.0583. The zero-order chi connectivity index (χ0) is 33.6. The highest BCUT2D eigenvalue weighted by molar-refractivity contribution is 6.20. The number of nitrogens with zero attached hydrogens (tertiary/aromatic N) is 3. The lowest BCUT2D eigenvalue weighted by Gasteiger charge is -2.23. The van der Waals surface area contributed by atoms with E-state index in [9.17, 15) is 14.7 Å². The van der Waals surface area contributed by atoms with E-state index in [2.05, 4.69) is 26.1 Å². The summed E-state index contributed by atoms with van der Waals surface area (Å²) in [4.78, 5) is 40.8. The lowest BCUT2D eigenvalue weighted by molar-refractivity contribution is -0.143. The number of aliphatic imine (C=N–C) groups is 3. The van der Waals surface area contributed by atoms with Crippen LogP contribution in [0.3, 0.4) is 0 Å². The zero-order valence-electron chi connectivity index (χ0n) is 28.5. The molecule has 46 heavy (non-hydrogen) atoms. The van der Waals surface area contributed by atoms with Crippen molar-refractivity contribution in [1.29, 1.82) is 0 Å². The number of allylic oxidation sites excluding steroid dienone is 12. The van der Waals surface area contributed by atoms with Crippen LogP contribution in [0.2, 0.25) is 0 Å². The fourth-order valence-electron chi connectivity index (χ4n) is 6.99. The number of aliphatic hydroxyl groups excluding tert-OH is 1. The number of carbonyl (C=O) groups excluding carboxylic acids is 2. The molecule has 242 valence electrons. The van der Waals surface area contributed by atoms with E-state index < -0.39 is 5.92 Å². The van der Waals surface area contributed by atoms with Crippen molar-refractivity contribution >= 4 is 29.1 Å². The largest absolute Gasteiger partial charge is 0.512 e. The molecule has 0 aromatic heterocycles. The minimum atomic E-state index is -0.644. The molecule has 0 saturated carbocycles. The number of fused-ring (bicyclic) bond motifs is 5. The molecular weight excluding hydrogens is 580 g/mol. The third kappa shape index (κ3) is 5.56. The van der Waals surface area contributed by atoms with Crippen molar-refractivity contribution in [3.63, 3.8) is 0 Å². The van der Waals surface area contributed by atoms with E-state index in [1.165, 1.54) is 14.2 Å².